The fourth-order valence-electron chi connectivity index (χ4n) is 3.51. The number of rotatable bonds is 1. The normalized spacial score (nSPS) is 27.7. The molecule has 2 saturated heterocycles. The Hall–Kier alpha value is -1.36. The highest BCUT2D eigenvalue weighted by atomic mass is 16.2. The van der Waals surface area contributed by atoms with Crippen LogP contribution in [0.1, 0.15) is 36.2 Å². The second kappa shape index (κ2) is 4.96. The van der Waals surface area contributed by atoms with Crippen molar-refractivity contribution in [1.82, 2.24) is 20.0 Å². The Balaban J connectivity index is 1.74. The van der Waals surface area contributed by atoms with Gasteiger partial charge in [-0.2, -0.15) is 5.10 Å². The molecular weight excluding hydrogens is 240 g/mol. The molecule has 2 aliphatic heterocycles. The molecule has 1 spiro atoms. The molecule has 0 aliphatic carbocycles. The summed E-state index contributed by atoms with van der Waals surface area (Å²) in [7, 11) is 1.83. The molecule has 3 heterocycles. The van der Waals surface area contributed by atoms with Crippen molar-refractivity contribution in [3.63, 3.8) is 0 Å². The molecular formula is C14H22N4O. The van der Waals surface area contributed by atoms with Gasteiger partial charge in [-0.3, -0.25) is 9.48 Å². The molecule has 0 saturated carbocycles. The lowest BCUT2D eigenvalue weighted by Crippen LogP contribution is -2.52. The van der Waals surface area contributed by atoms with E-state index in [-0.39, 0.29) is 5.91 Å². The van der Waals surface area contributed by atoms with Gasteiger partial charge in [0.15, 0.2) is 0 Å². The zero-order valence-corrected chi connectivity index (χ0v) is 11.6. The van der Waals surface area contributed by atoms with E-state index in [9.17, 15) is 4.79 Å². The number of piperidine rings is 2. The van der Waals surface area contributed by atoms with E-state index in [4.69, 9.17) is 0 Å². The molecule has 1 aromatic rings. The first-order valence-corrected chi connectivity index (χ1v) is 7.18. The van der Waals surface area contributed by atoms with E-state index >= 15 is 0 Å². The molecule has 2 aliphatic rings. The van der Waals surface area contributed by atoms with Gasteiger partial charge < -0.3 is 10.2 Å². The minimum absolute atomic E-state index is 0.129. The lowest BCUT2D eigenvalue weighted by Gasteiger charge is -2.45. The minimum Gasteiger partial charge on any atom is -0.337 e. The van der Waals surface area contributed by atoms with Crippen LogP contribution in [-0.4, -0.2) is 46.8 Å². The third-order valence-electron chi connectivity index (χ3n) is 4.55. The van der Waals surface area contributed by atoms with Gasteiger partial charge in [0.25, 0.3) is 5.91 Å². The standard InChI is InChI=1S/C14H22N4O/c1-17-12(4-8-16-17)13(19)18-9-3-6-14(11-18)5-2-7-15-10-14/h4,8,15H,2-3,5-7,9-11H2,1H3. The predicted octanol–water partition coefficient (Wildman–Crippen LogP) is 1.03. The van der Waals surface area contributed by atoms with Crippen LogP contribution < -0.4 is 5.32 Å². The molecule has 1 N–H and O–H groups in total. The molecule has 19 heavy (non-hydrogen) atoms. The van der Waals surface area contributed by atoms with E-state index in [0.717, 1.165) is 32.6 Å². The van der Waals surface area contributed by atoms with Crippen molar-refractivity contribution in [2.45, 2.75) is 25.7 Å². The molecule has 1 atom stereocenters. The van der Waals surface area contributed by atoms with Gasteiger partial charge >= 0.3 is 0 Å². The van der Waals surface area contributed by atoms with Crippen molar-refractivity contribution in [3.8, 4) is 0 Å². The first-order valence-electron chi connectivity index (χ1n) is 7.18. The number of carbonyl (C=O) groups excluding carboxylic acids is 1. The summed E-state index contributed by atoms with van der Waals surface area (Å²) in [5.41, 5.74) is 1.01. The predicted molar refractivity (Wildman–Crippen MR) is 72.9 cm³/mol. The Morgan fingerprint density at radius 2 is 2.26 bits per heavy atom. The number of hydrogen-bond donors (Lipinski definition) is 1. The summed E-state index contributed by atoms with van der Waals surface area (Å²) in [6.45, 7) is 3.95. The molecule has 5 nitrogen and oxygen atoms in total. The summed E-state index contributed by atoms with van der Waals surface area (Å²) in [5, 5.41) is 7.59. The Labute approximate surface area is 114 Å². The van der Waals surface area contributed by atoms with Gasteiger partial charge in [-0.1, -0.05) is 0 Å². The molecule has 104 valence electrons. The number of hydrogen-bond acceptors (Lipinski definition) is 3. The van der Waals surface area contributed by atoms with Crippen LogP contribution in [0.3, 0.4) is 0 Å². The van der Waals surface area contributed by atoms with Gasteiger partial charge in [0.1, 0.15) is 5.69 Å². The first-order chi connectivity index (χ1) is 9.20. The van der Waals surface area contributed by atoms with Crippen LogP contribution in [-0.2, 0) is 7.05 Å². The second-order valence-corrected chi connectivity index (χ2v) is 5.95. The van der Waals surface area contributed by atoms with Crippen LogP contribution >= 0.6 is 0 Å². The summed E-state index contributed by atoms with van der Waals surface area (Å²) in [6, 6.07) is 1.81. The topological polar surface area (TPSA) is 50.2 Å². The maximum Gasteiger partial charge on any atom is 0.272 e. The van der Waals surface area contributed by atoms with Crippen molar-refractivity contribution >= 4 is 5.91 Å². The monoisotopic (exact) mass is 262 g/mol. The zero-order valence-electron chi connectivity index (χ0n) is 11.6. The number of carbonyl (C=O) groups is 1. The number of nitrogens with zero attached hydrogens (tertiary/aromatic N) is 3. The average Bonchev–Trinajstić information content (AvgIpc) is 2.85. The van der Waals surface area contributed by atoms with Crippen molar-refractivity contribution in [2.75, 3.05) is 26.2 Å². The molecule has 1 amide bonds. The van der Waals surface area contributed by atoms with E-state index in [1.54, 1.807) is 10.9 Å². The second-order valence-electron chi connectivity index (χ2n) is 5.95. The third kappa shape index (κ3) is 2.39. The van der Waals surface area contributed by atoms with Gasteiger partial charge in [0, 0.05) is 38.3 Å². The van der Waals surface area contributed by atoms with Crippen molar-refractivity contribution in [3.05, 3.63) is 18.0 Å². The molecule has 2 fully saturated rings. The highest BCUT2D eigenvalue weighted by Crippen LogP contribution is 2.36. The number of likely N-dealkylation sites (tertiary alicyclic amines) is 1. The van der Waals surface area contributed by atoms with Crippen molar-refractivity contribution in [2.24, 2.45) is 12.5 Å². The molecule has 1 unspecified atom stereocenters. The maximum absolute atomic E-state index is 12.6. The van der Waals surface area contributed by atoms with E-state index in [0.29, 0.717) is 11.1 Å². The Morgan fingerprint density at radius 1 is 1.42 bits per heavy atom. The van der Waals surface area contributed by atoms with E-state index in [1.165, 1.54) is 19.3 Å². The minimum atomic E-state index is 0.129. The van der Waals surface area contributed by atoms with Gasteiger partial charge in [-0.25, -0.2) is 0 Å². The molecule has 5 heteroatoms. The number of aromatic nitrogens is 2. The van der Waals surface area contributed by atoms with E-state index in [1.807, 2.05) is 18.0 Å². The van der Waals surface area contributed by atoms with Crippen LogP contribution in [0.2, 0.25) is 0 Å². The van der Waals surface area contributed by atoms with Gasteiger partial charge in [0.2, 0.25) is 0 Å². The summed E-state index contributed by atoms with van der Waals surface area (Å²) < 4.78 is 1.67. The molecule has 0 radical (unpaired) electrons. The van der Waals surface area contributed by atoms with Gasteiger partial charge in [-0.15, -0.1) is 0 Å². The largest absolute Gasteiger partial charge is 0.337 e. The van der Waals surface area contributed by atoms with Crippen molar-refractivity contribution in [1.29, 1.82) is 0 Å². The number of amides is 1. The first kappa shape index (κ1) is 12.7. The maximum atomic E-state index is 12.6. The summed E-state index contributed by atoms with van der Waals surface area (Å²) in [5.74, 6) is 0.129. The van der Waals surface area contributed by atoms with Crippen LogP contribution in [0.4, 0.5) is 0 Å². The van der Waals surface area contributed by atoms with E-state index in [2.05, 4.69) is 10.4 Å². The smallest absolute Gasteiger partial charge is 0.272 e. The fourth-order valence-corrected chi connectivity index (χ4v) is 3.51. The quantitative estimate of drug-likeness (QED) is 0.822. The molecule has 0 aromatic carbocycles. The van der Waals surface area contributed by atoms with Gasteiger partial charge in [0.05, 0.1) is 0 Å². The SMILES string of the molecule is Cn1nccc1C(=O)N1CCCC2(CCCNC2)C1. The third-order valence-corrected chi connectivity index (χ3v) is 4.55. The van der Waals surface area contributed by atoms with Crippen molar-refractivity contribution < 1.29 is 4.79 Å². The Morgan fingerprint density at radius 3 is 2.95 bits per heavy atom. The molecule has 3 rings (SSSR count). The molecule has 0 bridgehead atoms. The lowest BCUT2D eigenvalue weighted by atomic mass is 9.74. The van der Waals surface area contributed by atoms with Crippen LogP contribution in [0.5, 0.6) is 0 Å². The Bertz CT molecular complexity index is 456. The Kier molecular flexibility index (Phi) is 3.31. The summed E-state index contributed by atoms with van der Waals surface area (Å²) in [4.78, 5) is 14.6. The average molecular weight is 262 g/mol. The molecule has 1 aromatic heterocycles. The summed E-state index contributed by atoms with van der Waals surface area (Å²) in [6.07, 6.45) is 6.53. The fraction of sp³-hybridized carbons (Fsp3) is 0.714. The lowest BCUT2D eigenvalue weighted by molar-refractivity contribution is 0.0425. The van der Waals surface area contributed by atoms with Crippen LogP contribution in [0.15, 0.2) is 12.3 Å². The number of nitrogens with one attached hydrogen (secondary N) is 1. The van der Waals surface area contributed by atoms with Crippen LogP contribution in [0.25, 0.3) is 0 Å². The van der Waals surface area contributed by atoms with Crippen LogP contribution in [0, 0.1) is 5.41 Å². The number of aryl methyl sites for hydroxylation is 1. The zero-order chi connectivity index (χ0) is 13.3. The summed E-state index contributed by atoms with van der Waals surface area (Å²) >= 11 is 0. The van der Waals surface area contributed by atoms with E-state index < -0.39 is 0 Å². The highest BCUT2D eigenvalue weighted by molar-refractivity contribution is 5.92. The van der Waals surface area contributed by atoms with Gasteiger partial charge in [-0.05, 0) is 38.3 Å². The highest BCUT2D eigenvalue weighted by Gasteiger charge is 2.38.